The standard InChI is InChI=1S/C20H21NO5/c1-14-4-3-5-16(10-14)20(23)26-13-19(22)21(2)12-15-6-7-17-18(11-15)25-9-8-24-17/h3-7,10-11H,8-9,12-13H2,1-2H3. The summed E-state index contributed by atoms with van der Waals surface area (Å²) in [6.07, 6.45) is 0. The van der Waals surface area contributed by atoms with Gasteiger partial charge in [0.1, 0.15) is 13.2 Å². The number of hydrogen-bond acceptors (Lipinski definition) is 5. The molecule has 2 aromatic carbocycles. The first-order valence-corrected chi connectivity index (χ1v) is 8.39. The average Bonchev–Trinajstić information content (AvgIpc) is 2.65. The van der Waals surface area contributed by atoms with Gasteiger partial charge in [0.25, 0.3) is 5.91 Å². The lowest BCUT2D eigenvalue weighted by Crippen LogP contribution is -2.30. The van der Waals surface area contributed by atoms with Crippen molar-refractivity contribution in [1.29, 1.82) is 0 Å². The van der Waals surface area contributed by atoms with E-state index in [1.54, 1.807) is 25.2 Å². The van der Waals surface area contributed by atoms with Crippen LogP contribution >= 0.6 is 0 Å². The highest BCUT2D eigenvalue weighted by Crippen LogP contribution is 2.31. The van der Waals surface area contributed by atoms with E-state index in [1.165, 1.54) is 4.90 Å². The van der Waals surface area contributed by atoms with Gasteiger partial charge in [-0.05, 0) is 36.8 Å². The van der Waals surface area contributed by atoms with Crippen LogP contribution < -0.4 is 9.47 Å². The van der Waals surface area contributed by atoms with Crippen LogP contribution in [0.5, 0.6) is 11.5 Å². The molecule has 1 aliphatic heterocycles. The van der Waals surface area contributed by atoms with Crippen molar-refractivity contribution in [1.82, 2.24) is 4.90 Å². The van der Waals surface area contributed by atoms with E-state index >= 15 is 0 Å². The molecule has 136 valence electrons. The van der Waals surface area contributed by atoms with E-state index in [-0.39, 0.29) is 12.5 Å². The minimum Gasteiger partial charge on any atom is -0.486 e. The fraction of sp³-hybridized carbons (Fsp3) is 0.300. The molecule has 26 heavy (non-hydrogen) atoms. The molecule has 0 fully saturated rings. The van der Waals surface area contributed by atoms with Crippen LogP contribution in [0.3, 0.4) is 0 Å². The zero-order valence-corrected chi connectivity index (χ0v) is 14.9. The van der Waals surface area contributed by atoms with Crippen molar-refractivity contribution < 1.29 is 23.8 Å². The summed E-state index contributed by atoms with van der Waals surface area (Å²) in [7, 11) is 1.67. The number of amides is 1. The fourth-order valence-corrected chi connectivity index (χ4v) is 2.64. The number of esters is 1. The Bertz CT molecular complexity index is 818. The van der Waals surface area contributed by atoms with Crippen LogP contribution in [0.2, 0.25) is 0 Å². The number of carbonyl (C=O) groups excluding carboxylic acids is 2. The molecule has 0 spiro atoms. The van der Waals surface area contributed by atoms with Crippen LogP contribution in [-0.4, -0.2) is 43.6 Å². The summed E-state index contributed by atoms with van der Waals surface area (Å²) in [5.74, 6) is 0.609. The number of ether oxygens (including phenoxy) is 3. The summed E-state index contributed by atoms with van der Waals surface area (Å²) in [6, 6.07) is 12.6. The number of aryl methyl sites for hydroxylation is 1. The maximum Gasteiger partial charge on any atom is 0.338 e. The first-order valence-electron chi connectivity index (χ1n) is 8.39. The monoisotopic (exact) mass is 355 g/mol. The smallest absolute Gasteiger partial charge is 0.338 e. The number of likely N-dealkylation sites (N-methyl/N-ethyl adjacent to an activating group) is 1. The van der Waals surface area contributed by atoms with Crippen molar-refractivity contribution in [3.8, 4) is 11.5 Å². The van der Waals surface area contributed by atoms with Gasteiger partial charge in [-0.15, -0.1) is 0 Å². The van der Waals surface area contributed by atoms with Gasteiger partial charge in [0.05, 0.1) is 5.56 Å². The number of rotatable bonds is 5. The van der Waals surface area contributed by atoms with E-state index < -0.39 is 5.97 Å². The Kier molecular flexibility index (Phi) is 5.41. The van der Waals surface area contributed by atoms with Crippen LogP contribution in [-0.2, 0) is 16.1 Å². The predicted octanol–water partition coefficient (Wildman–Crippen LogP) is 2.58. The van der Waals surface area contributed by atoms with Crippen molar-refractivity contribution in [2.24, 2.45) is 0 Å². The molecule has 0 radical (unpaired) electrons. The van der Waals surface area contributed by atoms with Crippen molar-refractivity contribution in [3.05, 3.63) is 59.2 Å². The van der Waals surface area contributed by atoms with Gasteiger partial charge in [0.2, 0.25) is 0 Å². The molecular formula is C20H21NO5. The van der Waals surface area contributed by atoms with Gasteiger partial charge in [-0.25, -0.2) is 4.79 Å². The van der Waals surface area contributed by atoms with Gasteiger partial charge >= 0.3 is 5.97 Å². The normalized spacial score (nSPS) is 12.4. The number of carbonyl (C=O) groups is 2. The molecule has 1 amide bonds. The third kappa shape index (κ3) is 4.33. The average molecular weight is 355 g/mol. The third-order valence-electron chi connectivity index (χ3n) is 4.03. The molecule has 0 aromatic heterocycles. The van der Waals surface area contributed by atoms with E-state index in [9.17, 15) is 9.59 Å². The molecule has 0 bridgehead atoms. The highest BCUT2D eigenvalue weighted by atomic mass is 16.6. The van der Waals surface area contributed by atoms with E-state index in [1.807, 2.05) is 31.2 Å². The summed E-state index contributed by atoms with van der Waals surface area (Å²) >= 11 is 0. The van der Waals surface area contributed by atoms with Gasteiger partial charge in [-0.2, -0.15) is 0 Å². The lowest BCUT2D eigenvalue weighted by Gasteiger charge is -2.21. The van der Waals surface area contributed by atoms with Crippen LogP contribution in [0, 0.1) is 6.92 Å². The van der Waals surface area contributed by atoms with Crippen LogP contribution in [0.15, 0.2) is 42.5 Å². The second kappa shape index (κ2) is 7.91. The number of benzene rings is 2. The maximum absolute atomic E-state index is 12.2. The van der Waals surface area contributed by atoms with Crippen LogP contribution in [0.4, 0.5) is 0 Å². The second-order valence-electron chi connectivity index (χ2n) is 6.17. The van der Waals surface area contributed by atoms with Crippen molar-refractivity contribution in [2.45, 2.75) is 13.5 Å². The summed E-state index contributed by atoms with van der Waals surface area (Å²) in [5.41, 5.74) is 2.31. The Morgan fingerprint density at radius 2 is 1.85 bits per heavy atom. The zero-order valence-electron chi connectivity index (χ0n) is 14.9. The predicted molar refractivity (Wildman–Crippen MR) is 95.4 cm³/mol. The Morgan fingerprint density at radius 1 is 1.08 bits per heavy atom. The minimum absolute atomic E-state index is 0.277. The highest BCUT2D eigenvalue weighted by molar-refractivity contribution is 5.91. The van der Waals surface area contributed by atoms with Gasteiger partial charge < -0.3 is 19.1 Å². The molecular weight excluding hydrogens is 334 g/mol. The quantitative estimate of drug-likeness (QED) is 0.772. The second-order valence-corrected chi connectivity index (χ2v) is 6.17. The topological polar surface area (TPSA) is 65.1 Å². The van der Waals surface area contributed by atoms with Crippen LogP contribution in [0.25, 0.3) is 0 Å². The van der Waals surface area contributed by atoms with Gasteiger partial charge in [0, 0.05) is 13.6 Å². The maximum atomic E-state index is 12.2. The van der Waals surface area contributed by atoms with E-state index in [0.717, 1.165) is 11.1 Å². The zero-order chi connectivity index (χ0) is 18.5. The molecule has 0 unspecified atom stereocenters. The van der Waals surface area contributed by atoms with Gasteiger partial charge in [0.15, 0.2) is 18.1 Å². The Morgan fingerprint density at radius 3 is 2.62 bits per heavy atom. The first kappa shape index (κ1) is 17.8. The summed E-state index contributed by atoms with van der Waals surface area (Å²) in [5, 5.41) is 0. The molecule has 1 aliphatic rings. The molecule has 0 atom stereocenters. The third-order valence-corrected chi connectivity index (χ3v) is 4.03. The van der Waals surface area contributed by atoms with Crippen LogP contribution in [0.1, 0.15) is 21.5 Å². The number of fused-ring (bicyclic) bond motifs is 1. The van der Waals surface area contributed by atoms with E-state index in [0.29, 0.717) is 36.8 Å². The van der Waals surface area contributed by atoms with E-state index in [4.69, 9.17) is 14.2 Å². The minimum atomic E-state index is -0.505. The van der Waals surface area contributed by atoms with Crippen molar-refractivity contribution in [2.75, 3.05) is 26.9 Å². The summed E-state index contributed by atoms with van der Waals surface area (Å²) < 4.78 is 16.1. The lowest BCUT2D eigenvalue weighted by molar-refractivity contribution is -0.133. The Balaban J connectivity index is 1.54. The molecule has 2 aromatic rings. The molecule has 0 N–H and O–H groups in total. The molecule has 6 nitrogen and oxygen atoms in total. The molecule has 1 heterocycles. The van der Waals surface area contributed by atoms with E-state index in [2.05, 4.69) is 0 Å². The van der Waals surface area contributed by atoms with Gasteiger partial charge in [-0.3, -0.25) is 4.79 Å². The Hall–Kier alpha value is -3.02. The molecule has 0 saturated carbocycles. The Labute approximate surface area is 152 Å². The number of hydrogen-bond donors (Lipinski definition) is 0. The fourth-order valence-electron chi connectivity index (χ4n) is 2.64. The summed E-state index contributed by atoms with van der Waals surface area (Å²) in [6.45, 7) is 3.03. The number of nitrogens with zero attached hydrogens (tertiary/aromatic N) is 1. The SMILES string of the molecule is Cc1cccc(C(=O)OCC(=O)N(C)Cc2ccc3c(c2)OCCO3)c1. The summed E-state index contributed by atoms with van der Waals surface area (Å²) in [4.78, 5) is 25.8. The van der Waals surface area contributed by atoms with Crippen molar-refractivity contribution >= 4 is 11.9 Å². The lowest BCUT2D eigenvalue weighted by atomic mass is 10.1. The highest BCUT2D eigenvalue weighted by Gasteiger charge is 2.16. The largest absolute Gasteiger partial charge is 0.486 e. The molecule has 0 aliphatic carbocycles. The first-order chi connectivity index (χ1) is 12.5. The molecule has 6 heteroatoms. The molecule has 0 saturated heterocycles. The van der Waals surface area contributed by atoms with Gasteiger partial charge in [-0.1, -0.05) is 23.8 Å². The van der Waals surface area contributed by atoms with Crippen molar-refractivity contribution in [3.63, 3.8) is 0 Å². The molecule has 3 rings (SSSR count).